The fourth-order valence-corrected chi connectivity index (χ4v) is 2.86. The Hall–Kier alpha value is -0.130. The molecule has 1 aliphatic heterocycles. The molecule has 78 valence electrons. The molecule has 1 atom stereocenters. The topological polar surface area (TPSA) is 63.4 Å². The molecule has 1 fully saturated rings. The largest absolute Gasteiger partial charge is 0.330 e. The van der Waals surface area contributed by atoms with Crippen molar-refractivity contribution >= 4 is 10.0 Å². The summed E-state index contributed by atoms with van der Waals surface area (Å²) >= 11 is 0. The van der Waals surface area contributed by atoms with Crippen LogP contribution in [0.1, 0.15) is 19.8 Å². The Morgan fingerprint density at radius 3 is 2.77 bits per heavy atom. The highest BCUT2D eigenvalue weighted by Gasteiger charge is 2.26. The van der Waals surface area contributed by atoms with Crippen LogP contribution in [0.5, 0.6) is 0 Å². The lowest BCUT2D eigenvalue weighted by atomic mass is 10.0. The zero-order chi connectivity index (χ0) is 9.90. The molecule has 1 rings (SSSR count). The Morgan fingerprint density at radius 1 is 1.54 bits per heavy atom. The first kappa shape index (κ1) is 10.9. The van der Waals surface area contributed by atoms with Gasteiger partial charge in [0.1, 0.15) is 0 Å². The van der Waals surface area contributed by atoms with Crippen molar-refractivity contribution in [1.82, 2.24) is 4.31 Å². The molecule has 1 saturated heterocycles. The van der Waals surface area contributed by atoms with E-state index in [1.54, 1.807) is 11.2 Å². The first-order valence-electron chi connectivity index (χ1n) is 4.78. The van der Waals surface area contributed by atoms with E-state index in [0.717, 1.165) is 12.8 Å². The fraction of sp³-hybridized carbons (Fsp3) is 1.00. The summed E-state index contributed by atoms with van der Waals surface area (Å²) in [6.07, 6.45) is 2.01. The van der Waals surface area contributed by atoms with Crippen molar-refractivity contribution < 1.29 is 8.42 Å². The third kappa shape index (κ3) is 2.65. The second kappa shape index (κ2) is 4.39. The fourth-order valence-electron chi connectivity index (χ4n) is 1.65. The molecule has 0 amide bonds. The van der Waals surface area contributed by atoms with Gasteiger partial charge in [-0.1, -0.05) is 0 Å². The number of rotatable bonds is 3. The summed E-state index contributed by atoms with van der Waals surface area (Å²) in [7, 11) is -2.99. The average Bonchev–Trinajstić information content (AvgIpc) is 2.18. The van der Waals surface area contributed by atoms with Crippen molar-refractivity contribution in [3.8, 4) is 0 Å². The third-order valence-electron chi connectivity index (χ3n) is 2.57. The molecular weight excluding hydrogens is 188 g/mol. The zero-order valence-electron chi connectivity index (χ0n) is 8.07. The Balaban J connectivity index is 2.61. The Kier molecular flexibility index (Phi) is 3.70. The van der Waals surface area contributed by atoms with Crippen LogP contribution in [0.25, 0.3) is 0 Å². The van der Waals surface area contributed by atoms with Crippen LogP contribution in [0.2, 0.25) is 0 Å². The molecule has 13 heavy (non-hydrogen) atoms. The molecule has 1 unspecified atom stereocenters. The number of hydrogen-bond donors (Lipinski definition) is 1. The maximum atomic E-state index is 11.5. The van der Waals surface area contributed by atoms with E-state index in [1.807, 2.05) is 0 Å². The van der Waals surface area contributed by atoms with Crippen molar-refractivity contribution in [2.45, 2.75) is 19.8 Å². The lowest BCUT2D eigenvalue weighted by Gasteiger charge is -2.30. The van der Waals surface area contributed by atoms with Gasteiger partial charge < -0.3 is 5.73 Å². The molecule has 0 aromatic heterocycles. The Morgan fingerprint density at radius 2 is 2.23 bits per heavy atom. The molecule has 0 bridgehead atoms. The van der Waals surface area contributed by atoms with E-state index in [0.29, 0.717) is 25.6 Å². The summed E-state index contributed by atoms with van der Waals surface area (Å²) in [5.41, 5.74) is 5.53. The highest BCUT2D eigenvalue weighted by atomic mass is 32.2. The van der Waals surface area contributed by atoms with E-state index in [-0.39, 0.29) is 5.75 Å². The highest BCUT2D eigenvalue weighted by Crippen LogP contribution is 2.18. The van der Waals surface area contributed by atoms with Gasteiger partial charge in [-0.25, -0.2) is 12.7 Å². The summed E-state index contributed by atoms with van der Waals surface area (Å²) in [6, 6.07) is 0. The smallest absolute Gasteiger partial charge is 0.213 e. The van der Waals surface area contributed by atoms with Gasteiger partial charge in [0.2, 0.25) is 10.0 Å². The number of nitrogens with zero attached hydrogens (tertiary/aromatic N) is 1. The molecule has 2 N–H and O–H groups in total. The maximum absolute atomic E-state index is 11.5. The van der Waals surface area contributed by atoms with Crippen LogP contribution in [-0.2, 0) is 10.0 Å². The summed E-state index contributed by atoms with van der Waals surface area (Å²) < 4.78 is 24.6. The number of sulfonamides is 1. The summed E-state index contributed by atoms with van der Waals surface area (Å²) in [5, 5.41) is 0. The van der Waals surface area contributed by atoms with Gasteiger partial charge in [-0.2, -0.15) is 0 Å². The first-order valence-corrected chi connectivity index (χ1v) is 6.39. The quantitative estimate of drug-likeness (QED) is 0.707. The van der Waals surface area contributed by atoms with E-state index < -0.39 is 10.0 Å². The van der Waals surface area contributed by atoms with Crippen LogP contribution >= 0.6 is 0 Å². The van der Waals surface area contributed by atoms with Crippen molar-refractivity contribution in [2.24, 2.45) is 11.7 Å². The minimum Gasteiger partial charge on any atom is -0.330 e. The first-order chi connectivity index (χ1) is 6.10. The number of nitrogens with two attached hydrogens (primary N) is 1. The van der Waals surface area contributed by atoms with E-state index in [1.165, 1.54) is 0 Å². The summed E-state index contributed by atoms with van der Waals surface area (Å²) in [4.78, 5) is 0. The van der Waals surface area contributed by atoms with Gasteiger partial charge in [0.05, 0.1) is 5.75 Å². The van der Waals surface area contributed by atoms with Gasteiger partial charge in [0, 0.05) is 13.1 Å². The molecule has 0 saturated carbocycles. The highest BCUT2D eigenvalue weighted by molar-refractivity contribution is 7.89. The minimum absolute atomic E-state index is 0.199. The van der Waals surface area contributed by atoms with E-state index in [9.17, 15) is 8.42 Å². The predicted octanol–water partition coefficient (Wildman–Crippen LogP) is 0.00680. The number of hydrogen-bond acceptors (Lipinski definition) is 3. The molecule has 4 nitrogen and oxygen atoms in total. The summed E-state index contributed by atoms with van der Waals surface area (Å²) in [5.74, 6) is 0.555. The monoisotopic (exact) mass is 206 g/mol. The van der Waals surface area contributed by atoms with Gasteiger partial charge >= 0.3 is 0 Å². The second-order valence-corrected chi connectivity index (χ2v) is 5.76. The molecule has 1 heterocycles. The third-order valence-corrected chi connectivity index (χ3v) is 4.42. The molecule has 1 aliphatic rings. The molecule has 0 radical (unpaired) electrons. The zero-order valence-corrected chi connectivity index (χ0v) is 8.89. The van der Waals surface area contributed by atoms with Gasteiger partial charge in [-0.05, 0) is 32.2 Å². The van der Waals surface area contributed by atoms with Crippen LogP contribution in [-0.4, -0.2) is 38.1 Å². The van der Waals surface area contributed by atoms with Crippen LogP contribution in [0.4, 0.5) is 0 Å². The Bertz CT molecular complexity index is 251. The van der Waals surface area contributed by atoms with Crippen LogP contribution in [0.15, 0.2) is 0 Å². The summed E-state index contributed by atoms with van der Waals surface area (Å²) in [6.45, 7) is 3.57. The van der Waals surface area contributed by atoms with Crippen molar-refractivity contribution in [2.75, 3.05) is 25.4 Å². The number of piperidine rings is 1. The molecule has 0 aromatic carbocycles. The molecule has 0 aromatic rings. The molecule has 5 heteroatoms. The normalized spacial score (nSPS) is 26.2. The standard InChI is InChI=1S/C8H18N2O2S/c1-2-13(11,12)10-5-3-4-8(6-9)7-10/h8H,2-7,9H2,1H3. The maximum Gasteiger partial charge on any atom is 0.213 e. The average molecular weight is 206 g/mol. The van der Waals surface area contributed by atoms with Crippen molar-refractivity contribution in [3.63, 3.8) is 0 Å². The lowest BCUT2D eigenvalue weighted by Crippen LogP contribution is -2.42. The van der Waals surface area contributed by atoms with Crippen molar-refractivity contribution in [1.29, 1.82) is 0 Å². The molecule has 0 spiro atoms. The van der Waals surface area contributed by atoms with Gasteiger partial charge in [-0.15, -0.1) is 0 Å². The predicted molar refractivity (Wildman–Crippen MR) is 52.8 cm³/mol. The SMILES string of the molecule is CCS(=O)(=O)N1CCCC(CN)C1. The molecule has 0 aliphatic carbocycles. The van der Waals surface area contributed by atoms with Gasteiger partial charge in [0.25, 0.3) is 0 Å². The van der Waals surface area contributed by atoms with Crippen molar-refractivity contribution in [3.05, 3.63) is 0 Å². The molecular formula is C8H18N2O2S. The Labute approximate surface area is 80.1 Å². The van der Waals surface area contributed by atoms with Gasteiger partial charge in [-0.3, -0.25) is 0 Å². The van der Waals surface area contributed by atoms with E-state index in [4.69, 9.17) is 5.73 Å². The second-order valence-electron chi connectivity index (χ2n) is 3.50. The van der Waals surface area contributed by atoms with Gasteiger partial charge in [0.15, 0.2) is 0 Å². The lowest BCUT2D eigenvalue weighted by molar-refractivity contribution is 0.272. The van der Waals surface area contributed by atoms with Crippen LogP contribution in [0.3, 0.4) is 0 Å². The van der Waals surface area contributed by atoms with E-state index >= 15 is 0 Å². The van der Waals surface area contributed by atoms with Crippen LogP contribution in [0, 0.1) is 5.92 Å². The van der Waals surface area contributed by atoms with Crippen LogP contribution < -0.4 is 5.73 Å². The van der Waals surface area contributed by atoms with E-state index in [2.05, 4.69) is 0 Å². The minimum atomic E-state index is -2.99.